The molecule has 0 spiro atoms. The van der Waals surface area contributed by atoms with Crippen molar-refractivity contribution in [2.45, 2.75) is 6.92 Å². The molecular weight excluding hydrogens is 254 g/mol. The van der Waals surface area contributed by atoms with Crippen LogP contribution in [0.15, 0.2) is 42.5 Å². The summed E-state index contributed by atoms with van der Waals surface area (Å²) < 4.78 is 25.2. The van der Waals surface area contributed by atoms with Gasteiger partial charge in [-0.05, 0) is 24.6 Å². The van der Waals surface area contributed by atoms with E-state index in [0.29, 0.717) is 5.56 Å². The minimum absolute atomic E-state index is 0.146. The van der Waals surface area contributed by atoms with Gasteiger partial charge in [0, 0.05) is 11.1 Å². The monoisotopic (exact) mass is 266 g/mol. The molecule has 2 rings (SSSR count). The Morgan fingerprint density at radius 2 is 1.72 bits per heavy atom. The van der Waals surface area contributed by atoms with E-state index in [2.05, 4.69) is 0 Å². The third-order valence-corrected chi connectivity index (χ3v) is 3.71. The van der Waals surface area contributed by atoms with Gasteiger partial charge in [0.2, 0.25) is 0 Å². The molecular formula is C13H12FO3P. The summed E-state index contributed by atoms with van der Waals surface area (Å²) in [6.45, 7) is 1.70. The van der Waals surface area contributed by atoms with Crippen LogP contribution in [0.25, 0.3) is 11.1 Å². The summed E-state index contributed by atoms with van der Waals surface area (Å²) in [6.07, 6.45) is 0. The molecule has 0 unspecified atom stereocenters. The average Bonchev–Trinajstić information content (AvgIpc) is 2.29. The SMILES string of the molecule is Cc1cccc(P(=O)(O)O)c1-c1ccccc1F. The van der Waals surface area contributed by atoms with Crippen LogP contribution in [0.4, 0.5) is 4.39 Å². The lowest BCUT2D eigenvalue weighted by Crippen LogP contribution is -2.10. The highest BCUT2D eigenvalue weighted by molar-refractivity contribution is 7.60. The first-order valence-electron chi connectivity index (χ1n) is 5.32. The predicted molar refractivity (Wildman–Crippen MR) is 68.3 cm³/mol. The lowest BCUT2D eigenvalue weighted by atomic mass is 10.0. The fourth-order valence-electron chi connectivity index (χ4n) is 1.91. The van der Waals surface area contributed by atoms with Gasteiger partial charge in [-0.15, -0.1) is 0 Å². The average molecular weight is 266 g/mol. The van der Waals surface area contributed by atoms with E-state index in [1.165, 1.54) is 24.3 Å². The third kappa shape index (κ3) is 2.36. The molecule has 0 saturated carbocycles. The zero-order valence-electron chi connectivity index (χ0n) is 9.67. The van der Waals surface area contributed by atoms with Crippen LogP contribution in [-0.4, -0.2) is 9.79 Å². The zero-order chi connectivity index (χ0) is 13.3. The first kappa shape index (κ1) is 13.0. The number of rotatable bonds is 2. The third-order valence-electron chi connectivity index (χ3n) is 2.71. The highest BCUT2D eigenvalue weighted by Crippen LogP contribution is 2.39. The van der Waals surface area contributed by atoms with Crippen molar-refractivity contribution in [2.24, 2.45) is 0 Å². The molecule has 0 aliphatic rings. The molecule has 0 heterocycles. The van der Waals surface area contributed by atoms with E-state index in [1.807, 2.05) is 0 Å². The highest BCUT2D eigenvalue weighted by Gasteiger charge is 2.24. The molecule has 3 nitrogen and oxygen atoms in total. The summed E-state index contributed by atoms with van der Waals surface area (Å²) in [5.74, 6) is -0.499. The van der Waals surface area contributed by atoms with Crippen molar-refractivity contribution in [3.8, 4) is 11.1 Å². The fourth-order valence-corrected chi connectivity index (χ4v) is 2.78. The van der Waals surface area contributed by atoms with Gasteiger partial charge in [0.1, 0.15) is 5.82 Å². The molecule has 2 aromatic rings. The van der Waals surface area contributed by atoms with E-state index >= 15 is 0 Å². The second kappa shape index (κ2) is 4.65. The molecule has 0 aromatic heterocycles. The number of benzene rings is 2. The van der Waals surface area contributed by atoms with Gasteiger partial charge >= 0.3 is 7.60 Å². The predicted octanol–water partition coefficient (Wildman–Crippen LogP) is 2.60. The summed E-state index contributed by atoms with van der Waals surface area (Å²) in [5.41, 5.74) is 1.10. The Kier molecular flexibility index (Phi) is 3.35. The van der Waals surface area contributed by atoms with E-state index in [4.69, 9.17) is 0 Å². The van der Waals surface area contributed by atoms with Gasteiger partial charge in [-0.1, -0.05) is 30.3 Å². The van der Waals surface area contributed by atoms with Crippen LogP contribution >= 0.6 is 7.60 Å². The van der Waals surface area contributed by atoms with Crippen LogP contribution in [0.2, 0.25) is 0 Å². The molecule has 0 fully saturated rings. The maximum absolute atomic E-state index is 13.8. The number of aryl methyl sites for hydroxylation is 1. The van der Waals surface area contributed by atoms with Gasteiger partial charge in [0.05, 0.1) is 5.30 Å². The molecule has 0 saturated heterocycles. The van der Waals surface area contributed by atoms with Crippen LogP contribution < -0.4 is 5.30 Å². The quantitative estimate of drug-likeness (QED) is 0.821. The Hall–Kier alpha value is -1.48. The molecule has 0 bridgehead atoms. The highest BCUT2D eigenvalue weighted by atomic mass is 31.2. The lowest BCUT2D eigenvalue weighted by Gasteiger charge is -2.14. The minimum atomic E-state index is -4.43. The molecule has 2 aromatic carbocycles. The Labute approximate surface area is 104 Å². The zero-order valence-corrected chi connectivity index (χ0v) is 10.6. The number of halogens is 1. The van der Waals surface area contributed by atoms with Gasteiger partial charge < -0.3 is 9.79 Å². The Bertz CT molecular complexity index is 634. The van der Waals surface area contributed by atoms with Gasteiger partial charge in [0.25, 0.3) is 0 Å². The second-order valence-corrected chi connectivity index (χ2v) is 5.56. The molecule has 18 heavy (non-hydrogen) atoms. The first-order valence-corrected chi connectivity index (χ1v) is 6.93. The van der Waals surface area contributed by atoms with E-state index in [0.717, 1.165) is 0 Å². The van der Waals surface area contributed by atoms with Gasteiger partial charge in [-0.2, -0.15) is 0 Å². The van der Waals surface area contributed by atoms with Gasteiger partial charge in [0.15, 0.2) is 0 Å². The standard InChI is InChI=1S/C13H12FO3P/c1-9-5-4-8-12(18(15,16)17)13(9)10-6-2-3-7-11(10)14/h2-8H,1H3,(H2,15,16,17). The van der Waals surface area contributed by atoms with Crippen LogP contribution in [0.5, 0.6) is 0 Å². The maximum Gasteiger partial charge on any atom is 0.356 e. The van der Waals surface area contributed by atoms with Gasteiger partial charge in [-0.25, -0.2) is 4.39 Å². The largest absolute Gasteiger partial charge is 0.356 e. The van der Waals surface area contributed by atoms with E-state index in [1.54, 1.807) is 25.1 Å². The van der Waals surface area contributed by atoms with Crippen molar-refractivity contribution in [1.82, 2.24) is 0 Å². The van der Waals surface area contributed by atoms with Crippen LogP contribution in [0, 0.1) is 12.7 Å². The van der Waals surface area contributed by atoms with E-state index in [9.17, 15) is 18.7 Å². The van der Waals surface area contributed by atoms with E-state index in [-0.39, 0.29) is 16.4 Å². The number of hydrogen-bond donors (Lipinski definition) is 2. The van der Waals surface area contributed by atoms with Crippen LogP contribution in [0.3, 0.4) is 0 Å². The van der Waals surface area contributed by atoms with Crippen molar-refractivity contribution >= 4 is 12.9 Å². The molecule has 0 amide bonds. The molecule has 0 radical (unpaired) electrons. The van der Waals surface area contributed by atoms with Crippen LogP contribution in [0.1, 0.15) is 5.56 Å². The molecule has 5 heteroatoms. The van der Waals surface area contributed by atoms with Gasteiger partial charge in [-0.3, -0.25) is 4.57 Å². The summed E-state index contributed by atoms with van der Waals surface area (Å²) in [6, 6.07) is 10.5. The molecule has 0 aliphatic heterocycles. The van der Waals surface area contributed by atoms with Crippen molar-refractivity contribution in [3.63, 3.8) is 0 Å². The smallest absolute Gasteiger partial charge is 0.321 e. The van der Waals surface area contributed by atoms with E-state index < -0.39 is 13.4 Å². The summed E-state index contributed by atoms with van der Waals surface area (Å²) in [4.78, 5) is 18.7. The topological polar surface area (TPSA) is 57.5 Å². The maximum atomic E-state index is 13.8. The number of hydrogen-bond acceptors (Lipinski definition) is 1. The molecule has 0 atom stereocenters. The lowest BCUT2D eigenvalue weighted by molar-refractivity contribution is 0.387. The first-order chi connectivity index (χ1) is 8.41. The summed E-state index contributed by atoms with van der Waals surface area (Å²) >= 11 is 0. The molecule has 2 N–H and O–H groups in total. The summed E-state index contributed by atoms with van der Waals surface area (Å²) in [5, 5.41) is -0.146. The summed E-state index contributed by atoms with van der Waals surface area (Å²) in [7, 11) is -4.43. The van der Waals surface area contributed by atoms with Crippen LogP contribution in [-0.2, 0) is 4.57 Å². The normalized spacial score (nSPS) is 11.6. The molecule has 0 aliphatic carbocycles. The Morgan fingerprint density at radius 1 is 1.06 bits per heavy atom. The second-order valence-electron chi connectivity index (χ2n) is 3.99. The van der Waals surface area contributed by atoms with Crippen molar-refractivity contribution in [3.05, 3.63) is 53.8 Å². The van der Waals surface area contributed by atoms with Crippen molar-refractivity contribution in [2.75, 3.05) is 0 Å². The van der Waals surface area contributed by atoms with Crippen molar-refractivity contribution in [1.29, 1.82) is 0 Å². The Balaban J connectivity index is 2.79. The minimum Gasteiger partial charge on any atom is -0.321 e. The fraction of sp³-hybridized carbons (Fsp3) is 0.0769. The Morgan fingerprint density at radius 3 is 2.33 bits per heavy atom. The van der Waals surface area contributed by atoms with Crippen molar-refractivity contribution < 1.29 is 18.7 Å². The molecule has 94 valence electrons.